The highest BCUT2D eigenvalue weighted by molar-refractivity contribution is 5.82. The smallest absolute Gasteiger partial charge is 0.0886 e. The molecule has 0 fully saturated rings. The van der Waals surface area contributed by atoms with Crippen molar-refractivity contribution >= 4 is 32.7 Å². The summed E-state index contributed by atoms with van der Waals surface area (Å²) in [7, 11) is 0. The van der Waals surface area contributed by atoms with Crippen LogP contribution in [0, 0.1) is 17.8 Å². The first kappa shape index (κ1) is 42.0. The summed E-state index contributed by atoms with van der Waals surface area (Å²) in [6, 6.07) is 36.6. The Morgan fingerprint density at radius 3 is 0.909 bits per heavy atom. The first-order chi connectivity index (χ1) is 20.1. The van der Waals surface area contributed by atoms with E-state index in [2.05, 4.69) is 138 Å². The van der Waals surface area contributed by atoms with Crippen LogP contribution in [0.2, 0.25) is 0 Å². The second kappa shape index (κ2) is 25.4. The van der Waals surface area contributed by atoms with Gasteiger partial charge in [-0.15, -0.1) is 0 Å². The van der Waals surface area contributed by atoms with Gasteiger partial charge in [0.25, 0.3) is 0 Å². The number of nitrogens with zero attached hydrogens (tertiary/aromatic N) is 3. The van der Waals surface area contributed by atoms with E-state index in [4.69, 9.17) is 0 Å². The molecular formula is C41H59N3. The quantitative estimate of drug-likeness (QED) is 0.176. The Hall–Kier alpha value is -4.11. The molecule has 0 aliphatic rings. The molecule has 0 atom stereocenters. The molecule has 6 rings (SSSR count). The van der Waals surface area contributed by atoms with E-state index in [0.29, 0.717) is 0 Å². The van der Waals surface area contributed by atoms with Crippen molar-refractivity contribution < 1.29 is 0 Å². The van der Waals surface area contributed by atoms with E-state index in [0.717, 1.165) is 34.3 Å². The third-order valence-corrected chi connectivity index (χ3v) is 4.55. The molecule has 0 aliphatic carbocycles. The number of aromatic nitrogens is 3. The van der Waals surface area contributed by atoms with Crippen molar-refractivity contribution in [3.8, 4) is 0 Å². The zero-order chi connectivity index (χ0) is 31.2. The van der Waals surface area contributed by atoms with E-state index < -0.39 is 0 Å². The summed E-state index contributed by atoms with van der Waals surface area (Å²) in [6.07, 6.45) is 5.20. The molecule has 2 heterocycles. The molecular weight excluding hydrogens is 534 g/mol. The number of rotatable bonds is 0. The van der Waals surface area contributed by atoms with Gasteiger partial charge in [0.2, 0.25) is 0 Å². The molecule has 44 heavy (non-hydrogen) atoms. The van der Waals surface area contributed by atoms with Crippen LogP contribution in [0.3, 0.4) is 0 Å². The lowest BCUT2D eigenvalue weighted by Crippen LogP contribution is -1.78. The normalized spacial score (nSPS) is 9.27. The van der Waals surface area contributed by atoms with Crippen LogP contribution in [0.5, 0.6) is 0 Å². The van der Waals surface area contributed by atoms with Crippen molar-refractivity contribution in [1.82, 2.24) is 15.0 Å². The Labute approximate surface area is 269 Å². The Balaban J connectivity index is 0. The highest BCUT2D eigenvalue weighted by Crippen LogP contribution is 2.11. The van der Waals surface area contributed by atoms with Gasteiger partial charge in [-0.1, -0.05) is 162 Å². The van der Waals surface area contributed by atoms with Crippen molar-refractivity contribution in [2.24, 2.45) is 17.8 Å². The summed E-state index contributed by atoms with van der Waals surface area (Å²) in [5, 5.41) is 3.82. The van der Waals surface area contributed by atoms with Crippen LogP contribution in [0.1, 0.15) is 77.2 Å². The standard InChI is InChI=1S/C10H8.C9H7N.C8H6N2.3C4H10.2CH4/c1-2-6-10-8-4-3-7-9(10)5-1;1-2-6-9-8(4-1)5-3-7-10-9;1-2-4-8-7(3-1)9-5-6-10-8;3*1-4(2)3;;/h1-8H;1-7H;1-6H;3*4H,1-3H3;2*1H4. The summed E-state index contributed by atoms with van der Waals surface area (Å²) in [5.41, 5.74) is 2.96. The number of hydrogen-bond donors (Lipinski definition) is 0. The average molecular weight is 594 g/mol. The van der Waals surface area contributed by atoms with Gasteiger partial charge in [0.05, 0.1) is 16.6 Å². The number of fused-ring (bicyclic) bond motifs is 3. The van der Waals surface area contributed by atoms with Gasteiger partial charge in [0.15, 0.2) is 0 Å². The fourth-order valence-electron chi connectivity index (χ4n) is 3.06. The molecule has 0 spiro atoms. The van der Waals surface area contributed by atoms with Crippen LogP contribution in [-0.2, 0) is 0 Å². The van der Waals surface area contributed by atoms with Gasteiger partial charge in [-0.3, -0.25) is 15.0 Å². The molecule has 238 valence electrons. The second-order valence-corrected chi connectivity index (χ2v) is 11.8. The van der Waals surface area contributed by atoms with Crippen LogP contribution in [0.4, 0.5) is 0 Å². The van der Waals surface area contributed by atoms with E-state index in [1.807, 2.05) is 54.7 Å². The monoisotopic (exact) mass is 593 g/mol. The minimum absolute atomic E-state index is 0. The molecule has 3 nitrogen and oxygen atoms in total. The van der Waals surface area contributed by atoms with Gasteiger partial charge in [0.1, 0.15) is 0 Å². The predicted molar refractivity (Wildman–Crippen MR) is 200 cm³/mol. The Morgan fingerprint density at radius 2 is 0.568 bits per heavy atom. The van der Waals surface area contributed by atoms with E-state index in [-0.39, 0.29) is 14.9 Å². The zero-order valence-corrected chi connectivity index (χ0v) is 27.2. The molecule has 0 aliphatic heterocycles. The van der Waals surface area contributed by atoms with Gasteiger partial charge in [0, 0.05) is 24.0 Å². The third-order valence-electron chi connectivity index (χ3n) is 4.55. The lowest BCUT2D eigenvalue weighted by atomic mass is 10.1. The van der Waals surface area contributed by atoms with Crippen LogP contribution in [0.25, 0.3) is 32.7 Å². The molecule has 2 aromatic heterocycles. The zero-order valence-electron chi connectivity index (χ0n) is 27.2. The fraction of sp³-hybridized carbons (Fsp3) is 0.341. The van der Waals surface area contributed by atoms with Crippen molar-refractivity contribution in [2.75, 3.05) is 0 Å². The Kier molecular flexibility index (Phi) is 24.3. The van der Waals surface area contributed by atoms with Crippen molar-refractivity contribution in [3.63, 3.8) is 0 Å². The summed E-state index contributed by atoms with van der Waals surface area (Å²) in [6.45, 7) is 19.5. The van der Waals surface area contributed by atoms with Crippen LogP contribution < -0.4 is 0 Å². The number of benzene rings is 4. The Morgan fingerprint density at radius 1 is 0.318 bits per heavy atom. The van der Waals surface area contributed by atoms with Crippen LogP contribution in [0.15, 0.2) is 128 Å². The summed E-state index contributed by atoms with van der Waals surface area (Å²) >= 11 is 0. The van der Waals surface area contributed by atoms with Gasteiger partial charge in [-0.05, 0) is 52.8 Å². The minimum Gasteiger partial charge on any atom is -0.256 e. The van der Waals surface area contributed by atoms with Crippen LogP contribution >= 0.6 is 0 Å². The van der Waals surface area contributed by atoms with E-state index in [9.17, 15) is 0 Å². The molecule has 0 saturated heterocycles. The summed E-state index contributed by atoms with van der Waals surface area (Å²) in [4.78, 5) is 12.4. The third kappa shape index (κ3) is 20.7. The molecule has 4 aromatic carbocycles. The Bertz CT molecular complexity index is 1120. The van der Waals surface area contributed by atoms with Crippen LogP contribution in [-0.4, -0.2) is 15.0 Å². The molecule has 6 aromatic rings. The largest absolute Gasteiger partial charge is 0.256 e. The minimum atomic E-state index is 0. The predicted octanol–water partition coefficient (Wildman–Crippen LogP) is 13.0. The van der Waals surface area contributed by atoms with E-state index in [1.54, 1.807) is 12.4 Å². The maximum atomic E-state index is 4.18. The van der Waals surface area contributed by atoms with Gasteiger partial charge in [-0.2, -0.15) is 0 Å². The van der Waals surface area contributed by atoms with Crippen molar-refractivity contribution in [1.29, 1.82) is 0 Å². The SMILES string of the molecule is C.C.CC(C)C.CC(C)C.CC(C)C.c1ccc2ccccc2c1.c1ccc2ncccc2c1.c1ccc2nccnc2c1. The molecule has 0 bridgehead atoms. The lowest BCUT2D eigenvalue weighted by molar-refractivity contribution is 0.736. The maximum Gasteiger partial charge on any atom is 0.0886 e. The maximum absolute atomic E-state index is 4.18. The second-order valence-electron chi connectivity index (χ2n) is 11.8. The van der Waals surface area contributed by atoms with Crippen molar-refractivity contribution in [2.45, 2.75) is 77.2 Å². The van der Waals surface area contributed by atoms with Gasteiger partial charge < -0.3 is 0 Å². The molecule has 0 unspecified atom stereocenters. The average Bonchev–Trinajstić information content (AvgIpc) is 2.97. The van der Waals surface area contributed by atoms with Crippen molar-refractivity contribution in [3.05, 3.63) is 128 Å². The highest BCUT2D eigenvalue weighted by Gasteiger charge is 1.89. The molecule has 0 saturated carbocycles. The molecule has 0 amide bonds. The number of hydrogen-bond acceptors (Lipinski definition) is 3. The molecule has 0 N–H and O–H groups in total. The molecule has 3 heteroatoms. The summed E-state index contributed by atoms with van der Waals surface area (Å²) < 4.78 is 0. The summed E-state index contributed by atoms with van der Waals surface area (Å²) in [5.74, 6) is 2.50. The van der Waals surface area contributed by atoms with E-state index in [1.165, 1.54) is 16.2 Å². The topological polar surface area (TPSA) is 38.7 Å². The fourth-order valence-corrected chi connectivity index (χ4v) is 3.06. The van der Waals surface area contributed by atoms with Gasteiger partial charge in [-0.25, -0.2) is 0 Å². The van der Waals surface area contributed by atoms with Gasteiger partial charge >= 0.3 is 0 Å². The first-order valence-electron chi connectivity index (χ1n) is 15.0. The number of para-hydroxylation sites is 3. The first-order valence-corrected chi connectivity index (χ1v) is 15.0. The molecule has 0 radical (unpaired) electrons. The van der Waals surface area contributed by atoms with E-state index >= 15 is 0 Å². The highest BCUT2D eigenvalue weighted by atomic mass is 14.8. The lowest BCUT2D eigenvalue weighted by Gasteiger charge is -1.92. The number of pyridine rings is 1.